The molecule has 1 saturated carbocycles. The van der Waals surface area contributed by atoms with Gasteiger partial charge in [-0.1, -0.05) is 11.6 Å². The average Bonchev–Trinajstić information content (AvgIpc) is 3.55. The molecular formula is C27H28ClN5O4. The molecule has 37 heavy (non-hydrogen) atoms. The van der Waals surface area contributed by atoms with Crippen molar-refractivity contribution in [3.63, 3.8) is 0 Å². The van der Waals surface area contributed by atoms with Crippen molar-refractivity contribution in [3.8, 4) is 17.2 Å². The van der Waals surface area contributed by atoms with Crippen molar-refractivity contribution in [2.45, 2.75) is 37.8 Å². The number of benzene rings is 2. The van der Waals surface area contributed by atoms with Gasteiger partial charge in [-0.05, 0) is 69.1 Å². The Labute approximate surface area is 220 Å². The number of nitrogens with one attached hydrogen (secondary N) is 2. The number of β-amino-alcohol motifs (C(OH)–C–C–N with tert-alkyl or cyclic N) is 1. The van der Waals surface area contributed by atoms with Crippen LogP contribution in [0.25, 0.3) is 15.7 Å². The first-order valence-electron chi connectivity index (χ1n) is 12.4. The lowest BCUT2D eigenvalue weighted by atomic mass is 10.1. The maximum atomic E-state index is 12.0. The number of amides is 2. The van der Waals surface area contributed by atoms with Crippen LogP contribution in [0.4, 0.5) is 16.2 Å². The summed E-state index contributed by atoms with van der Waals surface area (Å²) in [6.45, 7) is 10.3. The number of fused-ring (bicyclic) bond motifs is 1. The minimum atomic E-state index is -0.642. The Hall–Kier alpha value is -3.58. The van der Waals surface area contributed by atoms with Gasteiger partial charge >= 0.3 is 6.03 Å². The molecule has 1 atom stereocenters. The molecule has 2 aromatic carbocycles. The quantitative estimate of drug-likeness (QED) is 0.328. The number of rotatable bonds is 9. The lowest BCUT2D eigenvalue weighted by molar-refractivity contribution is 0.0762. The van der Waals surface area contributed by atoms with Gasteiger partial charge in [0.1, 0.15) is 30.0 Å². The van der Waals surface area contributed by atoms with Crippen molar-refractivity contribution in [3.05, 3.63) is 59.0 Å². The fourth-order valence-electron chi connectivity index (χ4n) is 4.29. The number of likely N-dealkylation sites (tertiary alicyclic amines) is 1. The molecule has 2 aliphatic rings. The zero-order valence-corrected chi connectivity index (χ0v) is 21.0. The molecule has 0 radical (unpaired) electrons. The minimum absolute atomic E-state index is 0.0955. The summed E-state index contributed by atoms with van der Waals surface area (Å²) >= 11 is 6.38. The number of aliphatic hydroxyl groups is 1. The van der Waals surface area contributed by atoms with Crippen molar-refractivity contribution in [1.82, 2.24) is 15.2 Å². The highest BCUT2D eigenvalue weighted by atomic mass is 35.5. The molecule has 1 aromatic heterocycles. The normalized spacial score (nSPS) is 16.2. The Morgan fingerprint density at radius 2 is 2.03 bits per heavy atom. The third-order valence-corrected chi connectivity index (χ3v) is 6.64. The molecule has 2 fully saturated rings. The first-order valence-corrected chi connectivity index (χ1v) is 12.7. The van der Waals surface area contributed by atoms with Gasteiger partial charge in [0.05, 0.1) is 22.8 Å². The van der Waals surface area contributed by atoms with Crippen LogP contribution in [-0.4, -0.2) is 59.4 Å². The second kappa shape index (κ2) is 11.2. The highest BCUT2D eigenvalue weighted by Gasteiger charge is 2.23. The van der Waals surface area contributed by atoms with Crippen LogP contribution >= 0.6 is 11.6 Å². The topological polar surface area (TPSA) is 100 Å². The monoisotopic (exact) mass is 521 g/mol. The number of anilines is 1. The first-order chi connectivity index (χ1) is 18.0. The lowest BCUT2D eigenvalue weighted by Gasteiger charge is -2.20. The number of aliphatic hydroxyl groups excluding tert-OH is 1. The molecule has 2 heterocycles. The van der Waals surface area contributed by atoms with Crippen LogP contribution in [0.2, 0.25) is 5.02 Å². The van der Waals surface area contributed by atoms with Crippen molar-refractivity contribution in [2.24, 2.45) is 0 Å². The maximum Gasteiger partial charge on any atom is 0.319 e. The molecule has 9 nitrogen and oxygen atoms in total. The number of urea groups is 1. The van der Waals surface area contributed by atoms with Crippen LogP contribution in [0, 0.1) is 6.57 Å². The smallest absolute Gasteiger partial charge is 0.319 e. The Morgan fingerprint density at radius 3 is 2.76 bits per heavy atom. The summed E-state index contributed by atoms with van der Waals surface area (Å²) in [5.74, 6) is 1.34. The van der Waals surface area contributed by atoms with Crippen molar-refractivity contribution >= 4 is 39.9 Å². The summed E-state index contributed by atoms with van der Waals surface area (Å²) < 4.78 is 11.9. The standard InChI is InChI=1S/C27H28ClN5O4/c1-29-24-13-20-23(14-26(24)36-16-18(34)15-33-10-2-3-11-33)30-9-8-25(20)37-19-6-7-22(21(28)12-19)32-27(35)31-17-4-5-17/h6-9,12-14,17-18,34H,2-5,10-11,15-16H2,(H2,31,32,35)/t18-/m1/s1. The predicted molar refractivity (Wildman–Crippen MR) is 142 cm³/mol. The van der Waals surface area contributed by atoms with E-state index < -0.39 is 6.10 Å². The summed E-state index contributed by atoms with van der Waals surface area (Å²) in [5, 5.41) is 17.0. The Balaban J connectivity index is 1.29. The van der Waals surface area contributed by atoms with E-state index in [1.54, 1.807) is 42.6 Å². The van der Waals surface area contributed by atoms with Gasteiger partial charge < -0.3 is 30.1 Å². The zero-order valence-electron chi connectivity index (χ0n) is 20.2. The highest BCUT2D eigenvalue weighted by Crippen LogP contribution is 2.38. The van der Waals surface area contributed by atoms with E-state index >= 15 is 0 Å². The third kappa shape index (κ3) is 6.41. The number of ether oxygens (including phenoxy) is 2. The van der Waals surface area contributed by atoms with Crippen molar-refractivity contribution < 1.29 is 19.4 Å². The molecule has 3 aromatic rings. The summed E-state index contributed by atoms with van der Waals surface area (Å²) in [5.41, 5.74) is 1.38. The Bertz CT molecular complexity index is 1330. The molecule has 0 bridgehead atoms. The number of hydrogen-bond donors (Lipinski definition) is 3. The number of nitrogens with zero attached hydrogens (tertiary/aromatic N) is 3. The fourth-order valence-corrected chi connectivity index (χ4v) is 4.51. The molecule has 10 heteroatoms. The first kappa shape index (κ1) is 25.1. The summed E-state index contributed by atoms with van der Waals surface area (Å²) in [7, 11) is 0. The molecule has 1 aliphatic carbocycles. The molecule has 1 aliphatic heterocycles. The van der Waals surface area contributed by atoms with Gasteiger partial charge in [0.25, 0.3) is 0 Å². The van der Waals surface area contributed by atoms with E-state index in [1.165, 1.54) is 0 Å². The fraction of sp³-hybridized carbons (Fsp3) is 0.370. The van der Waals surface area contributed by atoms with Gasteiger partial charge in [0.15, 0.2) is 0 Å². The lowest BCUT2D eigenvalue weighted by Crippen LogP contribution is -2.33. The van der Waals surface area contributed by atoms with E-state index in [1.807, 2.05) is 0 Å². The minimum Gasteiger partial charge on any atom is -0.502 e. The van der Waals surface area contributed by atoms with Crippen LogP contribution in [-0.2, 0) is 0 Å². The molecule has 0 spiro atoms. The number of carbonyl (C=O) groups excluding carboxylic acids is 1. The molecule has 192 valence electrons. The summed E-state index contributed by atoms with van der Waals surface area (Å²) in [4.78, 5) is 22.3. The van der Waals surface area contributed by atoms with E-state index in [4.69, 9.17) is 27.6 Å². The average molecular weight is 522 g/mol. The molecule has 0 unspecified atom stereocenters. The van der Waals surface area contributed by atoms with Gasteiger partial charge in [-0.3, -0.25) is 4.98 Å². The second-order valence-corrected chi connectivity index (χ2v) is 9.75. The third-order valence-electron chi connectivity index (χ3n) is 6.33. The SMILES string of the molecule is [C-]#[N+]c1cc2c(Oc3ccc(NC(=O)NC4CC4)c(Cl)c3)ccnc2cc1OC[C@H](O)CN1CCCC1. The van der Waals surface area contributed by atoms with Gasteiger partial charge in [0.2, 0.25) is 5.69 Å². The number of halogens is 1. The van der Waals surface area contributed by atoms with Gasteiger partial charge in [-0.25, -0.2) is 9.64 Å². The van der Waals surface area contributed by atoms with Crippen molar-refractivity contribution in [2.75, 3.05) is 31.6 Å². The van der Waals surface area contributed by atoms with Crippen LogP contribution in [0.3, 0.4) is 0 Å². The summed E-state index contributed by atoms with van der Waals surface area (Å²) in [6.07, 6.45) is 5.27. The molecular weight excluding hydrogens is 494 g/mol. The summed E-state index contributed by atoms with van der Waals surface area (Å²) in [6, 6.07) is 10.0. The zero-order chi connectivity index (χ0) is 25.8. The molecule has 1 saturated heterocycles. The molecule has 3 N–H and O–H groups in total. The largest absolute Gasteiger partial charge is 0.502 e. The van der Waals surface area contributed by atoms with E-state index in [2.05, 4.69) is 25.4 Å². The van der Waals surface area contributed by atoms with Gasteiger partial charge in [0, 0.05) is 30.2 Å². The second-order valence-electron chi connectivity index (χ2n) is 9.35. The number of carbonyl (C=O) groups is 1. The molecule has 5 rings (SSSR count). The van der Waals surface area contributed by atoms with Crippen LogP contribution in [0.1, 0.15) is 25.7 Å². The number of pyridine rings is 1. The van der Waals surface area contributed by atoms with E-state index in [9.17, 15) is 9.90 Å². The number of hydrogen-bond acceptors (Lipinski definition) is 6. The van der Waals surface area contributed by atoms with Crippen LogP contribution in [0.15, 0.2) is 42.6 Å². The highest BCUT2D eigenvalue weighted by molar-refractivity contribution is 6.33. The van der Waals surface area contributed by atoms with Gasteiger partial charge in [-0.2, -0.15) is 0 Å². The predicted octanol–water partition coefficient (Wildman–Crippen LogP) is 5.35. The van der Waals surface area contributed by atoms with E-state index in [0.717, 1.165) is 38.8 Å². The van der Waals surface area contributed by atoms with Crippen LogP contribution in [0.5, 0.6) is 17.2 Å². The van der Waals surface area contributed by atoms with Crippen LogP contribution < -0.4 is 20.1 Å². The Morgan fingerprint density at radius 1 is 1.22 bits per heavy atom. The maximum absolute atomic E-state index is 12.0. The number of aromatic nitrogens is 1. The van der Waals surface area contributed by atoms with Crippen molar-refractivity contribution in [1.29, 1.82) is 0 Å². The van der Waals surface area contributed by atoms with E-state index in [0.29, 0.717) is 51.1 Å². The Kier molecular flexibility index (Phi) is 7.60. The molecule has 2 amide bonds. The van der Waals surface area contributed by atoms with Gasteiger partial charge in [-0.15, -0.1) is 0 Å². The van der Waals surface area contributed by atoms with E-state index in [-0.39, 0.29) is 18.7 Å².